The second-order valence-corrected chi connectivity index (χ2v) is 7.12. The average molecular weight is 242 g/mol. The van der Waals surface area contributed by atoms with Crippen molar-refractivity contribution in [2.24, 2.45) is 47.3 Å². The molecule has 3 saturated carbocycles. The van der Waals surface area contributed by atoms with Crippen LogP contribution in [-0.2, 0) is 0 Å². The lowest BCUT2D eigenvalue weighted by atomic mass is 9.59. The van der Waals surface area contributed by atoms with Crippen molar-refractivity contribution < 1.29 is 0 Å². The highest BCUT2D eigenvalue weighted by atomic mass is 14.6. The van der Waals surface area contributed by atoms with Crippen LogP contribution in [-0.4, -0.2) is 0 Å². The van der Waals surface area contributed by atoms with Crippen LogP contribution in [0.3, 0.4) is 0 Å². The van der Waals surface area contributed by atoms with Crippen molar-refractivity contribution in [2.75, 3.05) is 0 Å². The Morgan fingerprint density at radius 3 is 1.17 bits per heavy atom. The largest absolute Gasteiger partial charge is 0.198 e. The maximum Gasteiger partial charge on any atom is 0.0661 e. The lowest BCUT2D eigenvalue weighted by molar-refractivity contribution is 0.0675. The van der Waals surface area contributed by atoms with Crippen molar-refractivity contribution in [1.29, 1.82) is 10.5 Å². The van der Waals surface area contributed by atoms with Gasteiger partial charge in [0, 0.05) is 0 Å². The molecule has 4 atom stereocenters. The van der Waals surface area contributed by atoms with Crippen LogP contribution in [0.4, 0.5) is 0 Å². The molecule has 2 heteroatoms. The van der Waals surface area contributed by atoms with Crippen LogP contribution < -0.4 is 0 Å². The van der Waals surface area contributed by atoms with Crippen molar-refractivity contribution in [1.82, 2.24) is 0 Å². The molecule has 2 nitrogen and oxygen atoms in total. The van der Waals surface area contributed by atoms with Gasteiger partial charge in [0.1, 0.15) is 0 Å². The Morgan fingerprint density at radius 2 is 0.944 bits per heavy atom. The minimum Gasteiger partial charge on any atom is -0.198 e. The second-order valence-electron chi connectivity index (χ2n) is 7.12. The predicted octanol–water partition coefficient (Wildman–Crippen LogP) is 3.60. The summed E-state index contributed by atoms with van der Waals surface area (Å²) < 4.78 is 0. The highest BCUT2D eigenvalue weighted by molar-refractivity contribution is 5.13. The van der Waals surface area contributed by atoms with Gasteiger partial charge < -0.3 is 0 Å². The minimum atomic E-state index is 0.236. The molecular weight excluding hydrogens is 220 g/mol. The van der Waals surface area contributed by atoms with Gasteiger partial charge in [0.2, 0.25) is 0 Å². The van der Waals surface area contributed by atoms with E-state index in [4.69, 9.17) is 0 Å². The van der Waals surface area contributed by atoms with Crippen LogP contribution in [0.5, 0.6) is 0 Å². The molecule has 0 N–H and O–H groups in total. The Hall–Kier alpha value is -1.02. The first-order valence-electron chi connectivity index (χ1n) is 7.45. The third kappa shape index (κ3) is 1.58. The third-order valence-electron chi connectivity index (χ3n) is 5.94. The van der Waals surface area contributed by atoms with Crippen molar-refractivity contribution in [2.45, 2.75) is 39.5 Å². The van der Waals surface area contributed by atoms with Crippen molar-refractivity contribution in [3.05, 3.63) is 0 Å². The Labute approximate surface area is 110 Å². The first kappa shape index (κ1) is 12.0. The van der Waals surface area contributed by atoms with Crippen LogP contribution >= 0.6 is 0 Å². The second kappa shape index (κ2) is 4.27. The van der Waals surface area contributed by atoms with E-state index in [2.05, 4.69) is 26.0 Å². The van der Waals surface area contributed by atoms with Gasteiger partial charge in [0.25, 0.3) is 0 Å². The van der Waals surface area contributed by atoms with Gasteiger partial charge in [0.15, 0.2) is 0 Å². The lowest BCUT2D eigenvalue weighted by Gasteiger charge is -2.42. The van der Waals surface area contributed by atoms with E-state index in [1.54, 1.807) is 0 Å². The van der Waals surface area contributed by atoms with E-state index < -0.39 is 0 Å². The third-order valence-corrected chi connectivity index (χ3v) is 5.94. The van der Waals surface area contributed by atoms with Crippen molar-refractivity contribution in [3.63, 3.8) is 0 Å². The van der Waals surface area contributed by atoms with Gasteiger partial charge in [-0.25, -0.2) is 0 Å². The standard InChI is InChI=1S/C16H22N2/c1-9-3-11-12(4-9)16(8-18)14-6-10(2)5-13(14)15(11)7-17/h9-16H,3-6H2,1-2H3. The molecular formula is C16H22N2. The fraction of sp³-hybridized carbons (Fsp3) is 0.875. The van der Waals surface area contributed by atoms with Gasteiger partial charge in [-0.05, 0) is 61.2 Å². The van der Waals surface area contributed by atoms with Gasteiger partial charge in [-0.1, -0.05) is 13.8 Å². The molecule has 0 aliphatic heterocycles. The summed E-state index contributed by atoms with van der Waals surface area (Å²) in [6, 6.07) is 5.25. The fourth-order valence-corrected chi connectivity index (χ4v) is 5.42. The Morgan fingerprint density at radius 1 is 0.667 bits per heavy atom. The molecule has 0 bridgehead atoms. The fourth-order valence-electron chi connectivity index (χ4n) is 5.42. The molecule has 0 radical (unpaired) electrons. The van der Waals surface area contributed by atoms with Crippen molar-refractivity contribution in [3.8, 4) is 12.1 Å². The quantitative estimate of drug-likeness (QED) is 0.651. The molecule has 3 aliphatic carbocycles. The summed E-state index contributed by atoms with van der Waals surface area (Å²) in [6.45, 7) is 4.58. The molecule has 0 heterocycles. The average Bonchev–Trinajstić information content (AvgIpc) is 2.87. The smallest absolute Gasteiger partial charge is 0.0661 e. The van der Waals surface area contributed by atoms with Gasteiger partial charge in [-0.3, -0.25) is 0 Å². The van der Waals surface area contributed by atoms with E-state index in [1.807, 2.05) is 0 Å². The Kier molecular flexibility index (Phi) is 2.86. The van der Waals surface area contributed by atoms with Crippen molar-refractivity contribution >= 4 is 0 Å². The lowest BCUT2D eigenvalue weighted by Crippen LogP contribution is -2.41. The molecule has 3 rings (SSSR count). The zero-order chi connectivity index (χ0) is 12.9. The molecule has 0 aromatic rings. The molecule has 0 aromatic carbocycles. The predicted molar refractivity (Wildman–Crippen MR) is 69.0 cm³/mol. The highest BCUT2D eigenvalue weighted by Crippen LogP contribution is 2.59. The zero-order valence-corrected chi connectivity index (χ0v) is 11.3. The number of fused-ring (bicyclic) bond motifs is 2. The first-order valence-corrected chi connectivity index (χ1v) is 7.45. The molecule has 0 spiro atoms. The topological polar surface area (TPSA) is 47.6 Å². The Balaban J connectivity index is 1.96. The molecule has 18 heavy (non-hydrogen) atoms. The minimum absolute atomic E-state index is 0.236. The summed E-state index contributed by atoms with van der Waals surface area (Å²) in [4.78, 5) is 0. The van der Waals surface area contributed by atoms with Crippen LogP contribution in [0.15, 0.2) is 0 Å². The van der Waals surface area contributed by atoms with Crippen LogP contribution in [0, 0.1) is 70.0 Å². The molecule has 3 fully saturated rings. The van der Waals surface area contributed by atoms with Gasteiger partial charge >= 0.3 is 0 Å². The summed E-state index contributed by atoms with van der Waals surface area (Å²) in [5.41, 5.74) is 0. The monoisotopic (exact) mass is 242 g/mol. The van der Waals surface area contributed by atoms with E-state index in [9.17, 15) is 10.5 Å². The number of nitrogens with zero attached hydrogens (tertiary/aromatic N) is 2. The van der Waals surface area contributed by atoms with Crippen LogP contribution in [0.2, 0.25) is 0 Å². The summed E-state index contributed by atoms with van der Waals surface area (Å²) in [5.74, 6) is 3.95. The summed E-state index contributed by atoms with van der Waals surface area (Å²) in [7, 11) is 0. The van der Waals surface area contributed by atoms with Gasteiger partial charge in [-0.15, -0.1) is 0 Å². The van der Waals surface area contributed by atoms with E-state index in [1.165, 1.54) is 25.7 Å². The van der Waals surface area contributed by atoms with E-state index >= 15 is 0 Å². The molecule has 4 unspecified atom stereocenters. The molecule has 0 aromatic heterocycles. The van der Waals surface area contributed by atoms with Crippen LogP contribution in [0.1, 0.15) is 39.5 Å². The maximum atomic E-state index is 9.58. The van der Waals surface area contributed by atoms with Crippen LogP contribution in [0.25, 0.3) is 0 Å². The number of nitriles is 2. The summed E-state index contributed by atoms with van der Waals surface area (Å²) in [5, 5.41) is 19.2. The van der Waals surface area contributed by atoms with Gasteiger partial charge in [-0.2, -0.15) is 10.5 Å². The van der Waals surface area contributed by atoms with E-state index in [-0.39, 0.29) is 11.8 Å². The SMILES string of the molecule is CC1CC2C(C#N)C3CC(C)CC3C(C#N)C2C1. The normalized spacial score (nSPS) is 54.2. The molecule has 0 amide bonds. The molecule has 3 aliphatic rings. The first-order chi connectivity index (χ1) is 8.65. The van der Waals surface area contributed by atoms with E-state index in [0.29, 0.717) is 35.5 Å². The number of hydrogen-bond acceptors (Lipinski definition) is 2. The maximum absolute atomic E-state index is 9.58. The zero-order valence-electron chi connectivity index (χ0n) is 11.3. The van der Waals surface area contributed by atoms with E-state index in [0.717, 1.165) is 0 Å². The number of rotatable bonds is 0. The highest BCUT2D eigenvalue weighted by Gasteiger charge is 2.55. The summed E-state index contributed by atoms with van der Waals surface area (Å²) in [6.07, 6.45) is 4.72. The van der Waals surface area contributed by atoms with Gasteiger partial charge in [0.05, 0.1) is 24.0 Å². The summed E-state index contributed by atoms with van der Waals surface area (Å²) >= 11 is 0. The molecule has 0 saturated heterocycles. The number of hydrogen-bond donors (Lipinski definition) is 0. The Bertz CT molecular complexity index is 352. The molecule has 96 valence electrons.